The van der Waals surface area contributed by atoms with Gasteiger partial charge in [-0.2, -0.15) is 18.3 Å². The number of hydrogen-bond acceptors (Lipinski definition) is 4. The molecule has 0 amide bonds. The standard InChI is InChI=1S/C19H12Cl3F3N4O/c1-29-9-10(17(30)14-3-2-12(20)6-15(14)21)4-13(29)8-27-28-18-16(22)5-11(7-26-18)19(23,24)25/h2-9H,1H3,(H,26,28). The molecule has 2 aromatic heterocycles. The molecule has 0 spiro atoms. The van der Waals surface area contributed by atoms with Gasteiger partial charge in [-0.25, -0.2) is 4.98 Å². The summed E-state index contributed by atoms with van der Waals surface area (Å²) in [6, 6.07) is 6.92. The summed E-state index contributed by atoms with van der Waals surface area (Å²) in [4.78, 5) is 16.3. The molecule has 3 aromatic rings. The lowest BCUT2D eigenvalue weighted by atomic mass is 10.1. The van der Waals surface area contributed by atoms with Crippen LogP contribution in [0.1, 0.15) is 27.2 Å². The zero-order chi connectivity index (χ0) is 22.1. The summed E-state index contributed by atoms with van der Waals surface area (Å²) in [5.41, 5.74) is 2.72. The molecule has 3 rings (SSSR count). The molecule has 0 radical (unpaired) electrons. The minimum atomic E-state index is -4.54. The zero-order valence-electron chi connectivity index (χ0n) is 15.1. The molecule has 11 heteroatoms. The normalized spacial score (nSPS) is 11.8. The Hall–Kier alpha value is -2.55. The van der Waals surface area contributed by atoms with Crippen molar-refractivity contribution in [2.75, 3.05) is 5.43 Å². The van der Waals surface area contributed by atoms with Crippen LogP contribution in [-0.4, -0.2) is 21.5 Å². The third-order valence-electron chi connectivity index (χ3n) is 4.02. The first kappa shape index (κ1) is 22.1. The maximum absolute atomic E-state index is 12.7. The van der Waals surface area contributed by atoms with Crippen LogP contribution < -0.4 is 5.43 Å². The fourth-order valence-electron chi connectivity index (χ4n) is 2.50. The van der Waals surface area contributed by atoms with E-state index < -0.39 is 11.7 Å². The number of anilines is 1. The van der Waals surface area contributed by atoms with E-state index in [-0.39, 0.29) is 21.6 Å². The second kappa shape index (κ2) is 8.67. The topological polar surface area (TPSA) is 59.3 Å². The van der Waals surface area contributed by atoms with E-state index in [4.69, 9.17) is 34.8 Å². The SMILES string of the molecule is Cn1cc(C(=O)c2ccc(Cl)cc2Cl)cc1C=NNc1ncc(C(F)(F)F)cc1Cl. The van der Waals surface area contributed by atoms with Crippen LogP contribution in [-0.2, 0) is 13.2 Å². The van der Waals surface area contributed by atoms with Gasteiger partial charge in [-0.15, -0.1) is 0 Å². The second-order valence-electron chi connectivity index (χ2n) is 6.14. The molecule has 0 aliphatic heterocycles. The maximum atomic E-state index is 12.7. The van der Waals surface area contributed by atoms with Gasteiger partial charge in [-0.1, -0.05) is 34.8 Å². The molecular weight excluding hydrogens is 464 g/mol. The number of carbonyl (C=O) groups excluding carboxylic acids is 1. The Morgan fingerprint density at radius 1 is 1.17 bits per heavy atom. The monoisotopic (exact) mass is 474 g/mol. The van der Waals surface area contributed by atoms with E-state index >= 15 is 0 Å². The lowest BCUT2D eigenvalue weighted by molar-refractivity contribution is -0.137. The van der Waals surface area contributed by atoms with Crippen LogP contribution in [0.2, 0.25) is 15.1 Å². The number of hydrogen-bond donors (Lipinski definition) is 1. The van der Waals surface area contributed by atoms with E-state index in [0.29, 0.717) is 28.0 Å². The summed E-state index contributed by atoms with van der Waals surface area (Å²) in [6.07, 6.45) is -0.926. The minimum absolute atomic E-state index is 0.0422. The van der Waals surface area contributed by atoms with Crippen LogP contribution >= 0.6 is 34.8 Å². The molecule has 0 atom stereocenters. The molecule has 0 saturated carbocycles. The van der Waals surface area contributed by atoms with Gasteiger partial charge < -0.3 is 4.57 Å². The molecular formula is C19H12Cl3F3N4O. The summed E-state index contributed by atoms with van der Waals surface area (Å²) >= 11 is 17.8. The van der Waals surface area contributed by atoms with Crippen molar-refractivity contribution in [1.29, 1.82) is 0 Å². The largest absolute Gasteiger partial charge is 0.417 e. The number of carbonyl (C=O) groups is 1. The van der Waals surface area contributed by atoms with Crippen molar-refractivity contribution in [2.24, 2.45) is 12.1 Å². The Bertz CT molecular complexity index is 1140. The number of rotatable bonds is 5. The van der Waals surface area contributed by atoms with Gasteiger partial charge in [0.05, 0.1) is 27.5 Å². The average Bonchev–Trinajstić information content (AvgIpc) is 3.02. The van der Waals surface area contributed by atoms with E-state index in [0.717, 1.165) is 6.07 Å². The van der Waals surface area contributed by atoms with Crippen LogP contribution in [0.15, 0.2) is 47.8 Å². The van der Waals surface area contributed by atoms with Gasteiger partial charge >= 0.3 is 6.18 Å². The molecule has 0 fully saturated rings. The van der Waals surface area contributed by atoms with Gasteiger partial charge in [0.15, 0.2) is 11.6 Å². The van der Waals surface area contributed by atoms with Crippen LogP contribution in [0.5, 0.6) is 0 Å². The number of ketones is 1. The van der Waals surface area contributed by atoms with E-state index in [1.807, 2.05) is 0 Å². The van der Waals surface area contributed by atoms with Crippen LogP contribution in [0.4, 0.5) is 19.0 Å². The van der Waals surface area contributed by atoms with Crippen molar-refractivity contribution in [3.63, 3.8) is 0 Å². The fourth-order valence-corrected chi connectivity index (χ4v) is 3.20. The van der Waals surface area contributed by atoms with Gasteiger partial charge in [-0.3, -0.25) is 10.2 Å². The zero-order valence-corrected chi connectivity index (χ0v) is 17.4. The van der Waals surface area contributed by atoms with Crippen molar-refractivity contribution in [3.05, 3.63) is 80.2 Å². The van der Waals surface area contributed by atoms with Crippen LogP contribution in [0.3, 0.4) is 0 Å². The number of halogens is 6. The Morgan fingerprint density at radius 3 is 2.53 bits per heavy atom. The molecule has 0 saturated heterocycles. The lowest BCUT2D eigenvalue weighted by Crippen LogP contribution is -2.06. The van der Waals surface area contributed by atoms with E-state index in [1.165, 1.54) is 18.3 Å². The molecule has 1 aromatic carbocycles. The van der Waals surface area contributed by atoms with Gasteiger partial charge in [0.1, 0.15) is 0 Å². The molecule has 30 heavy (non-hydrogen) atoms. The number of hydrazone groups is 1. The number of alkyl halides is 3. The number of nitrogens with one attached hydrogen (secondary N) is 1. The van der Waals surface area contributed by atoms with Gasteiger partial charge in [-0.05, 0) is 30.3 Å². The van der Waals surface area contributed by atoms with E-state index in [1.54, 1.807) is 29.9 Å². The minimum Gasteiger partial charge on any atom is -0.349 e. The fraction of sp³-hybridized carbons (Fsp3) is 0.105. The third-order valence-corrected chi connectivity index (χ3v) is 4.85. The number of pyridine rings is 1. The molecule has 5 nitrogen and oxygen atoms in total. The summed E-state index contributed by atoms with van der Waals surface area (Å²) in [7, 11) is 1.70. The highest BCUT2D eigenvalue weighted by Gasteiger charge is 2.31. The Balaban J connectivity index is 1.76. The highest BCUT2D eigenvalue weighted by molar-refractivity contribution is 6.37. The van der Waals surface area contributed by atoms with Crippen LogP contribution in [0, 0.1) is 0 Å². The van der Waals surface area contributed by atoms with Gasteiger partial charge in [0.25, 0.3) is 0 Å². The Morgan fingerprint density at radius 2 is 1.90 bits per heavy atom. The predicted molar refractivity (Wildman–Crippen MR) is 111 cm³/mol. The highest BCUT2D eigenvalue weighted by atomic mass is 35.5. The summed E-state index contributed by atoms with van der Waals surface area (Å²) in [5, 5.41) is 4.34. The molecule has 1 N–H and O–H groups in total. The van der Waals surface area contributed by atoms with Crippen LogP contribution in [0.25, 0.3) is 0 Å². The first-order valence-electron chi connectivity index (χ1n) is 8.24. The maximum Gasteiger partial charge on any atom is 0.417 e. The first-order valence-corrected chi connectivity index (χ1v) is 9.37. The smallest absolute Gasteiger partial charge is 0.349 e. The molecule has 156 valence electrons. The second-order valence-corrected chi connectivity index (χ2v) is 7.39. The van der Waals surface area contributed by atoms with Gasteiger partial charge in [0, 0.05) is 35.6 Å². The number of aryl methyl sites for hydroxylation is 1. The van der Waals surface area contributed by atoms with Crippen molar-refractivity contribution in [2.45, 2.75) is 6.18 Å². The molecule has 0 unspecified atom stereocenters. The molecule has 0 bridgehead atoms. The predicted octanol–water partition coefficient (Wildman–Crippen LogP) is 6.08. The summed E-state index contributed by atoms with van der Waals surface area (Å²) in [5.74, 6) is -0.341. The van der Waals surface area contributed by atoms with E-state index in [9.17, 15) is 18.0 Å². The van der Waals surface area contributed by atoms with Crippen molar-refractivity contribution in [3.8, 4) is 0 Å². The molecule has 0 aliphatic carbocycles. The van der Waals surface area contributed by atoms with Gasteiger partial charge in [0.2, 0.25) is 0 Å². The quantitative estimate of drug-likeness (QED) is 0.276. The van der Waals surface area contributed by atoms with Crippen molar-refractivity contribution < 1.29 is 18.0 Å². The lowest BCUT2D eigenvalue weighted by Gasteiger charge is -2.08. The number of aromatic nitrogens is 2. The van der Waals surface area contributed by atoms with Crippen molar-refractivity contribution >= 4 is 52.6 Å². The van der Waals surface area contributed by atoms with Crippen molar-refractivity contribution in [1.82, 2.24) is 9.55 Å². The number of nitrogens with zero attached hydrogens (tertiary/aromatic N) is 3. The average molecular weight is 476 g/mol. The Labute approximate surface area is 184 Å². The molecule has 2 heterocycles. The molecule has 0 aliphatic rings. The summed E-state index contributed by atoms with van der Waals surface area (Å²) < 4.78 is 39.6. The third kappa shape index (κ3) is 4.95. The number of benzene rings is 1. The summed E-state index contributed by atoms with van der Waals surface area (Å²) in [6.45, 7) is 0. The highest BCUT2D eigenvalue weighted by Crippen LogP contribution is 2.32. The van der Waals surface area contributed by atoms with E-state index in [2.05, 4.69) is 15.5 Å². The first-order chi connectivity index (χ1) is 14.1. The Kier molecular flexibility index (Phi) is 6.40.